The van der Waals surface area contributed by atoms with E-state index in [9.17, 15) is 8.42 Å². The molecule has 0 aliphatic rings. The van der Waals surface area contributed by atoms with Gasteiger partial charge in [-0.05, 0) is 44.0 Å². The first kappa shape index (κ1) is 15.7. The SMILES string of the molecule is CN(C(C)(C)C)S(=O)(=O)c1ccc(-c2ccccc2)cc1. The summed E-state index contributed by atoms with van der Waals surface area (Å²) >= 11 is 0. The van der Waals surface area contributed by atoms with Crippen LogP contribution in [0.5, 0.6) is 0 Å². The molecule has 2 aromatic carbocycles. The van der Waals surface area contributed by atoms with Crippen molar-refractivity contribution in [1.82, 2.24) is 4.31 Å². The summed E-state index contributed by atoms with van der Waals surface area (Å²) in [4.78, 5) is 0.319. The molecule has 0 heterocycles. The number of rotatable bonds is 3. The summed E-state index contributed by atoms with van der Waals surface area (Å²) in [7, 11) is -1.85. The topological polar surface area (TPSA) is 37.4 Å². The van der Waals surface area contributed by atoms with Gasteiger partial charge in [-0.25, -0.2) is 8.42 Å². The molecule has 0 bridgehead atoms. The van der Waals surface area contributed by atoms with Gasteiger partial charge in [0.15, 0.2) is 0 Å². The molecule has 2 rings (SSSR count). The smallest absolute Gasteiger partial charge is 0.207 e. The van der Waals surface area contributed by atoms with Gasteiger partial charge < -0.3 is 0 Å². The van der Waals surface area contributed by atoms with Gasteiger partial charge in [-0.3, -0.25) is 0 Å². The van der Waals surface area contributed by atoms with Crippen molar-refractivity contribution in [3.05, 3.63) is 54.6 Å². The minimum atomic E-state index is -3.46. The van der Waals surface area contributed by atoms with Crippen LogP contribution in [0.3, 0.4) is 0 Å². The molecule has 0 aromatic heterocycles. The van der Waals surface area contributed by atoms with Gasteiger partial charge >= 0.3 is 0 Å². The molecule has 0 spiro atoms. The number of benzene rings is 2. The summed E-state index contributed by atoms with van der Waals surface area (Å²) in [6, 6.07) is 16.9. The highest BCUT2D eigenvalue weighted by molar-refractivity contribution is 7.89. The average molecular weight is 303 g/mol. The lowest BCUT2D eigenvalue weighted by Gasteiger charge is -2.30. The fourth-order valence-electron chi connectivity index (χ4n) is 1.97. The number of sulfonamides is 1. The lowest BCUT2D eigenvalue weighted by atomic mass is 10.1. The summed E-state index contributed by atoms with van der Waals surface area (Å²) in [5.74, 6) is 0. The summed E-state index contributed by atoms with van der Waals surface area (Å²) in [5, 5.41) is 0. The van der Waals surface area contributed by atoms with Crippen LogP contribution in [0.1, 0.15) is 20.8 Å². The molecule has 2 aromatic rings. The van der Waals surface area contributed by atoms with Gasteiger partial charge in [0.1, 0.15) is 0 Å². The quantitative estimate of drug-likeness (QED) is 0.865. The van der Waals surface area contributed by atoms with Crippen LogP contribution in [0.25, 0.3) is 11.1 Å². The molecule has 0 saturated carbocycles. The maximum Gasteiger partial charge on any atom is 0.243 e. The van der Waals surface area contributed by atoms with E-state index in [1.165, 1.54) is 4.31 Å². The minimum Gasteiger partial charge on any atom is -0.207 e. The normalized spacial score (nSPS) is 12.6. The summed E-state index contributed by atoms with van der Waals surface area (Å²) in [6.07, 6.45) is 0. The van der Waals surface area contributed by atoms with Gasteiger partial charge in [0.25, 0.3) is 0 Å². The molecule has 0 aliphatic carbocycles. The number of hydrogen-bond donors (Lipinski definition) is 0. The fourth-order valence-corrected chi connectivity index (χ4v) is 3.49. The molecule has 0 atom stereocenters. The molecule has 21 heavy (non-hydrogen) atoms. The van der Waals surface area contributed by atoms with Crippen LogP contribution in [0.2, 0.25) is 0 Å². The zero-order valence-corrected chi connectivity index (χ0v) is 13.7. The Morgan fingerprint density at radius 1 is 0.810 bits per heavy atom. The van der Waals surface area contributed by atoms with Crippen molar-refractivity contribution in [3.8, 4) is 11.1 Å². The van der Waals surface area contributed by atoms with E-state index in [1.807, 2.05) is 63.2 Å². The standard InChI is InChI=1S/C17H21NO2S/c1-17(2,3)18(4)21(19,20)16-12-10-15(11-13-16)14-8-6-5-7-9-14/h5-13H,1-4H3. The molecule has 0 aliphatic heterocycles. The summed E-state index contributed by atoms with van der Waals surface area (Å²) in [6.45, 7) is 5.63. The van der Waals surface area contributed by atoms with Crippen molar-refractivity contribution >= 4 is 10.0 Å². The van der Waals surface area contributed by atoms with Crippen LogP contribution >= 0.6 is 0 Å². The van der Waals surface area contributed by atoms with Crippen molar-refractivity contribution in [3.63, 3.8) is 0 Å². The summed E-state index contributed by atoms with van der Waals surface area (Å²) in [5.41, 5.74) is 1.63. The number of hydrogen-bond acceptors (Lipinski definition) is 2. The Morgan fingerprint density at radius 3 is 1.76 bits per heavy atom. The Morgan fingerprint density at radius 2 is 1.29 bits per heavy atom. The van der Waals surface area contributed by atoms with Gasteiger partial charge in [-0.2, -0.15) is 4.31 Å². The van der Waals surface area contributed by atoms with Gasteiger partial charge in [0.2, 0.25) is 10.0 Å². The van der Waals surface area contributed by atoms with Crippen molar-refractivity contribution < 1.29 is 8.42 Å². The molecule has 0 saturated heterocycles. The molecule has 0 radical (unpaired) electrons. The van der Waals surface area contributed by atoms with E-state index >= 15 is 0 Å². The van der Waals surface area contributed by atoms with Crippen LogP contribution in [0.15, 0.2) is 59.5 Å². The zero-order valence-electron chi connectivity index (χ0n) is 12.9. The third kappa shape index (κ3) is 3.34. The fraction of sp³-hybridized carbons (Fsp3) is 0.294. The van der Waals surface area contributed by atoms with Gasteiger partial charge in [0, 0.05) is 12.6 Å². The van der Waals surface area contributed by atoms with Crippen molar-refractivity contribution in [2.24, 2.45) is 0 Å². The molecule has 3 nitrogen and oxygen atoms in total. The molecule has 112 valence electrons. The Labute approximate surface area is 127 Å². The first-order valence-corrected chi connectivity index (χ1v) is 8.31. The van der Waals surface area contributed by atoms with Crippen LogP contribution in [0, 0.1) is 0 Å². The first-order valence-electron chi connectivity index (χ1n) is 6.87. The zero-order chi connectivity index (χ0) is 15.7. The maximum atomic E-state index is 12.6. The molecule has 4 heteroatoms. The van der Waals surface area contributed by atoms with E-state index in [4.69, 9.17) is 0 Å². The second-order valence-electron chi connectivity index (χ2n) is 6.03. The van der Waals surface area contributed by atoms with Crippen LogP contribution in [0.4, 0.5) is 0 Å². The molecule has 0 unspecified atom stereocenters. The maximum absolute atomic E-state index is 12.6. The largest absolute Gasteiger partial charge is 0.243 e. The first-order chi connectivity index (χ1) is 9.73. The van der Waals surface area contributed by atoms with Crippen molar-refractivity contribution in [2.45, 2.75) is 31.2 Å². The molecular weight excluding hydrogens is 282 g/mol. The van der Waals surface area contributed by atoms with Crippen molar-refractivity contribution in [2.75, 3.05) is 7.05 Å². The molecule has 0 N–H and O–H groups in total. The Kier molecular flexibility index (Phi) is 4.21. The van der Waals surface area contributed by atoms with E-state index in [1.54, 1.807) is 19.2 Å². The van der Waals surface area contributed by atoms with Crippen molar-refractivity contribution in [1.29, 1.82) is 0 Å². The summed E-state index contributed by atoms with van der Waals surface area (Å²) < 4.78 is 26.5. The highest BCUT2D eigenvalue weighted by Crippen LogP contribution is 2.25. The highest BCUT2D eigenvalue weighted by Gasteiger charge is 2.30. The van der Waals surface area contributed by atoms with E-state index in [0.29, 0.717) is 4.90 Å². The Hall–Kier alpha value is -1.65. The van der Waals surface area contributed by atoms with Gasteiger partial charge in [-0.1, -0.05) is 42.5 Å². The van der Waals surface area contributed by atoms with Gasteiger partial charge in [0.05, 0.1) is 4.90 Å². The molecule has 0 fully saturated rings. The third-order valence-electron chi connectivity index (χ3n) is 3.56. The van der Waals surface area contributed by atoms with E-state index in [0.717, 1.165) is 11.1 Å². The van der Waals surface area contributed by atoms with Gasteiger partial charge in [-0.15, -0.1) is 0 Å². The third-order valence-corrected chi connectivity index (χ3v) is 5.70. The lowest BCUT2D eigenvalue weighted by molar-refractivity contribution is 0.292. The predicted octanol–water partition coefficient (Wildman–Crippen LogP) is 3.77. The second-order valence-corrected chi connectivity index (χ2v) is 8.00. The monoisotopic (exact) mass is 303 g/mol. The average Bonchev–Trinajstić information content (AvgIpc) is 2.46. The van der Waals surface area contributed by atoms with E-state index in [-0.39, 0.29) is 0 Å². The van der Waals surface area contributed by atoms with Crippen LogP contribution in [-0.2, 0) is 10.0 Å². The molecule has 0 amide bonds. The second kappa shape index (κ2) is 5.62. The Bertz CT molecular complexity index is 699. The Balaban J connectivity index is 2.36. The van der Waals surface area contributed by atoms with Crippen LogP contribution < -0.4 is 0 Å². The highest BCUT2D eigenvalue weighted by atomic mass is 32.2. The minimum absolute atomic E-state index is 0.319. The van der Waals surface area contributed by atoms with E-state index in [2.05, 4.69) is 0 Å². The predicted molar refractivity (Wildman–Crippen MR) is 86.6 cm³/mol. The number of nitrogens with zero attached hydrogens (tertiary/aromatic N) is 1. The van der Waals surface area contributed by atoms with E-state index < -0.39 is 15.6 Å². The van der Waals surface area contributed by atoms with Crippen LogP contribution in [-0.4, -0.2) is 25.3 Å². The lowest BCUT2D eigenvalue weighted by Crippen LogP contribution is -2.42. The molecular formula is C17H21NO2S.